The normalized spacial score (nSPS) is 17.2. The minimum absolute atomic E-state index is 0.287. The molecule has 0 radical (unpaired) electrons. The lowest BCUT2D eigenvalue weighted by molar-refractivity contribution is 0.00755. The molecule has 1 aliphatic carbocycles. The molecule has 1 aromatic heterocycles. The molecule has 3 rings (SSSR count). The summed E-state index contributed by atoms with van der Waals surface area (Å²) in [5.74, 6) is 0. The number of amides is 2. The molecule has 2 amide bonds. The first kappa shape index (κ1) is 15.8. The quantitative estimate of drug-likeness (QED) is 0.701. The average molecular weight is 316 g/mol. The number of urea groups is 1. The van der Waals surface area contributed by atoms with E-state index in [1.165, 1.54) is 0 Å². The Hall–Kier alpha value is -2.08. The maximum Gasteiger partial charge on any atom is 0.319 e. The zero-order valence-electron chi connectivity index (χ0n) is 13.7. The van der Waals surface area contributed by atoms with Crippen LogP contribution in [0.25, 0.3) is 11.0 Å². The molecule has 2 aromatic rings. The summed E-state index contributed by atoms with van der Waals surface area (Å²) >= 11 is 0. The second-order valence-corrected chi connectivity index (χ2v) is 6.57. The number of nitrogens with one attached hydrogen (secondary N) is 3. The number of H-pyrrole nitrogens is 1. The molecular weight excluding hydrogens is 292 g/mol. The van der Waals surface area contributed by atoms with E-state index in [1.54, 1.807) is 6.33 Å². The highest BCUT2D eigenvalue weighted by Crippen LogP contribution is 2.28. The minimum atomic E-state index is -0.756. The highest BCUT2D eigenvalue weighted by Gasteiger charge is 2.29. The maximum absolute atomic E-state index is 12.2. The van der Waals surface area contributed by atoms with Crippen molar-refractivity contribution in [3.63, 3.8) is 0 Å². The number of aryl methyl sites for hydroxylation is 1. The highest BCUT2D eigenvalue weighted by atomic mass is 16.3. The predicted octanol–water partition coefficient (Wildman–Crippen LogP) is 3.00. The van der Waals surface area contributed by atoms with E-state index < -0.39 is 5.60 Å². The van der Waals surface area contributed by atoms with Crippen LogP contribution in [-0.4, -0.2) is 33.3 Å². The van der Waals surface area contributed by atoms with Crippen molar-refractivity contribution in [2.45, 2.75) is 51.6 Å². The van der Waals surface area contributed by atoms with E-state index in [0.717, 1.165) is 60.0 Å². The third kappa shape index (κ3) is 3.32. The molecule has 0 spiro atoms. The molecule has 0 unspecified atom stereocenters. The summed E-state index contributed by atoms with van der Waals surface area (Å²) in [5, 5.41) is 16.1. The Kier molecular flexibility index (Phi) is 4.26. The molecule has 0 saturated heterocycles. The van der Waals surface area contributed by atoms with E-state index in [0.29, 0.717) is 6.54 Å². The van der Waals surface area contributed by atoms with Crippen molar-refractivity contribution >= 4 is 22.8 Å². The number of carbonyl (C=O) groups is 1. The molecule has 6 nitrogen and oxygen atoms in total. The first-order chi connectivity index (χ1) is 11.0. The van der Waals surface area contributed by atoms with Crippen LogP contribution in [0.15, 0.2) is 12.4 Å². The van der Waals surface area contributed by atoms with Crippen LogP contribution in [0, 0.1) is 13.8 Å². The maximum atomic E-state index is 12.2. The van der Waals surface area contributed by atoms with Gasteiger partial charge in [0.2, 0.25) is 0 Å². The number of rotatable bonds is 3. The number of carbonyl (C=O) groups excluding carboxylic acids is 1. The van der Waals surface area contributed by atoms with Crippen molar-refractivity contribution in [3.8, 4) is 0 Å². The van der Waals surface area contributed by atoms with Crippen molar-refractivity contribution in [2.75, 3.05) is 11.9 Å². The number of imidazole rings is 1. The molecule has 0 atom stereocenters. The Morgan fingerprint density at radius 1 is 1.30 bits per heavy atom. The van der Waals surface area contributed by atoms with Crippen LogP contribution in [0.4, 0.5) is 10.5 Å². The second-order valence-electron chi connectivity index (χ2n) is 6.57. The molecule has 1 heterocycles. The van der Waals surface area contributed by atoms with Gasteiger partial charge >= 0.3 is 6.03 Å². The number of aliphatic hydroxyl groups is 1. The van der Waals surface area contributed by atoms with E-state index in [1.807, 2.05) is 19.9 Å². The van der Waals surface area contributed by atoms with Crippen LogP contribution in [-0.2, 0) is 0 Å². The van der Waals surface area contributed by atoms with Gasteiger partial charge in [-0.25, -0.2) is 9.78 Å². The van der Waals surface area contributed by atoms with Crippen molar-refractivity contribution in [2.24, 2.45) is 0 Å². The van der Waals surface area contributed by atoms with Crippen LogP contribution in [0.2, 0.25) is 0 Å². The van der Waals surface area contributed by atoms with Gasteiger partial charge in [0.1, 0.15) is 0 Å². The van der Waals surface area contributed by atoms with Gasteiger partial charge in [-0.05, 0) is 43.9 Å². The van der Waals surface area contributed by atoms with Crippen molar-refractivity contribution in [1.29, 1.82) is 0 Å². The zero-order chi connectivity index (χ0) is 16.4. The fraction of sp³-hybridized carbons (Fsp3) is 0.529. The Morgan fingerprint density at radius 2 is 2.04 bits per heavy atom. The van der Waals surface area contributed by atoms with E-state index >= 15 is 0 Å². The fourth-order valence-electron chi connectivity index (χ4n) is 3.27. The van der Waals surface area contributed by atoms with E-state index in [2.05, 4.69) is 20.6 Å². The summed E-state index contributed by atoms with van der Waals surface area (Å²) in [6.07, 6.45) is 6.37. The minimum Gasteiger partial charge on any atom is -0.388 e. The number of anilines is 1. The lowest BCUT2D eigenvalue weighted by atomic mass is 9.85. The summed E-state index contributed by atoms with van der Waals surface area (Å²) in [4.78, 5) is 19.5. The van der Waals surface area contributed by atoms with Crippen LogP contribution in [0.1, 0.15) is 43.2 Å². The molecule has 124 valence electrons. The molecule has 0 aliphatic heterocycles. The van der Waals surface area contributed by atoms with Crippen LogP contribution in [0.5, 0.6) is 0 Å². The number of aromatic amines is 1. The van der Waals surface area contributed by atoms with Gasteiger partial charge in [0.15, 0.2) is 0 Å². The van der Waals surface area contributed by atoms with Gasteiger partial charge in [-0.3, -0.25) is 0 Å². The Balaban J connectivity index is 1.67. The van der Waals surface area contributed by atoms with Crippen molar-refractivity contribution in [3.05, 3.63) is 23.5 Å². The van der Waals surface area contributed by atoms with Gasteiger partial charge < -0.3 is 20.7 Å². The number of fused-ring (bicyclic) bond motifs is 1. The smallest absolute Gasteiger partial charge is 0.319 e. The Bertz CT molecular complexity index is 717. The predicted molar refractivity (Wildman–Crippen MR) is 90.6 cm³/mol. The van der Waals surface area contributed by atoms with Gasteiger partial charge in [0.05, 0.1) is 23.0 Å². The summed E-state index contributed by atoms with van der Waals surface area (Å²) in [5.41, 5.74) is 3.86. The first-order valence-electron chi connectivity index (χ1n) is 8.19. The van der Waals surface area contributed by atoms with E-state index in [-0.39, 0.29) is 6.03 Å². The molecule has 4 N–H and O–H groups in total. The van der Waals surface area contributed by atoms with Gasteiger partial charge in [-0.1, -0.05) is 19.3 Å². The third-order valence-corrected chi connectivity index (χ3v) is 4.89. The molecule has 1 aromatic carbocycles. The van der Waals surface area contributed by atoms with Crippen molar-refractivity contribution < 1.29 is 9.90 Å². The Morgan fingerprint density at radius 3 is 2.78 bits per heavy atom. The number of aromatic nitrogens is 2. The summed E-state index contributed by atoms with van der Waals surface area (Å²) < 4.78 is 0. The third-order valence-electron chi connectivity index (χ3n) is 4.89. The highest BCUT2D eigenvalue weighted by molar-refractivity contribution is 5.94. The van der Waals surface area contributed by atoms with E-state index in [9.17, 15) is 9.90 Å². The van der Waals surface area contributed by atoms with E-state index in [4.69, 9.17) is 0 Å². The van der Waals surface area contributed by atoms with Crippen molar-refractivity contribution in [1.82, 2.24) is 15.3 Å². The molecule has 0 bridgehead atoms. The molecule has 23 heavy (non-hydrogen) atoms. The topological polar surface area (TPSA) is 90.0 Å². The number of nitrogens with zero attached hydrogens (tertiary/aromatic N) is 1. The lowest BCUT2D eigenvalue weighted by Crippen LogP contribution is -2.45. The molecule has 1 aliphatic rings. The van der Waals surface area contributed by atoms with Crippen LogP contribution >= 0.6 is 0 Å². The SMILES string of the molecule is Cc1c(NC(=O)NCC2(O)CCCCC2)cc2[nH]cnc2c1C. The van der Waals surface area contributed by atoms with Gasteiger partial charge in [0, 0.05) is 12.2 Å². The van der Waals surface area contributed by atoms with Gasteiger partial charge in [-0.15, -0.1) is 0 Å². The summed E-state index contributed by atoms with van der Waals surface area (Å²) in [6.45, 7) is 4.25. The molecule has 1 saturated carbocycles. The van der Waals surface area contributed by atoms with Crippen LogP contribution in [0.3, 0.4) is 0 Å². The summed E-state index contributed by atoms with van der Waals surface area (Å²) in [7, 11) is 0. The average Bonchev–Trinajstić information content (AvgIpc) is 3.00. The molecular formula is C17H24N4O2. The monoisotopic (exact) mass is 316 g/mol. The summed E-state index contributed by atoms with van der Waals surface area (Å²) in [6, 6.07) is 1.60. The largest absolute Gasteiger partial charge is 0.388 e. The van der Waals surface area contributed by atoms with Gasteiger partial charge in [-0.2, -0.15) is 0 Å². The van der Waals surface area contributed by atoms with Gasteiger partial charge in [0.25, 0.3) is 0 Å². The standard InChI is InChI=1S/C17H24N4O2/c1-11-12(2)15-14(19-10-20-15)8-13(11)21-16(22)18-9-17(23)6-4-3-5-7-17/h8,10,23H,3-7,9H2,1-2H3,(H,19,20)(H2,18,21,22). The molecule has 6 heteroatoms. The number of hydrogen-bond acceptors (Lipinski definition) is 3. The fourth-order valence-corrected chi connectivity index (χ4v) is 3.27. The zero-order valence-corrected chi connectivity index (χ0v) is 13.7. The first-order valence-corrected chi connectivity index (χ1v) is 8.19. The second kappa shape index (κ2) is 6.20. The molecule has 1 fully saturated rings. The lowest BCUT2D eigenvalue weighted by Gasteiger charge is -2.32. The van der Waals surface area contributed by atoms with Crippen LogP contribution < -0.4 is 10.6 Å². The number of hydrogen-bond donors (Lipinski definition) is 4. The number of benzene rings is 1. The Labute approximate surface area is 135 Å².